The number of likely N-dealkylation sites (tertiary alicyclic amines) is 1. The third kappa shape index (κ3) is 3.04. The number of carbonyl (C=O) groups excluding carboxylic acids is 2. The molecule has 4 rings (SSSR count). The molecule has 1 atom stereocenters. The summed E-state index contributed by atoms with van der Waals surface area (Å²) in [4.78, 5) is 28.7. The van der Waals surface area contributed by atoms with E-state index in [9.17, 15) is 9.59 Å². The van der Waals surface area contributed by atoms with Crippen LogP contribution in [0, 0.1) is 6.92 Å². The van der Waals surface area contributed by atoms with E-state index in [0.29, 0.717) is 13.1 Å². The zero-order valence-corrected chi connectivity index (χ0v) is 14.4. The summed E-state index contributed by atoms with van der Waals surface area (Å²) in [6.45, 7) is 4.11. The Labute approximate surface area is 147 Å². The summed E-state index contributed by atoms with van der Waals surface area (Å²) < 4.78 is 1.96. The number of rotatable bonds is 3. The van der Waals surface area contributed by atoms with E-state index in [0.717, 1.165) is 36.1 Å². The van der Waals surface area contributed by atoms with Crippen LogP contribution in [0.1, 0.15) is 40.4 Å². The number of nitrogens with zero attached hydrogens (tertiary/aromatic N) is 4. The van der Waals surface area contributed by atoms with Crippen molar-refractivity contribution in [3.05, 3.63) is 53.3 Å². The number of fused-ring (bicyclic) bond motifs is 1. The maximum absolute atomic E-state index is 12.7. The second kappa shape index (κ2) is 6.35. The molecule has 2 aliphatic heterocycles. The first-order valence-corrected chi connectivity index (χ1v) is 8.77. The van der Waals surface area contributed by atoms with Crippen LogP contribution in [0.3, 0.4) is 0 Å². The summed E-state index contributed by atoms with van der Waals surface area (Å²) in [6, 6.07) is 7.80. The first-order chi connectivity index (χ1) is 12.1. The van der Waals surface area contributed by atoms with Gasteiger partial charge < -0.3 is 9.80 Å². The van der Waals surface area contributed by atoms with E-state index >= 15 is 0 Å². The first kappa shape index (κ1) is 15.9. The number of aromatic nitrogens is 2. The van der Waals surface area contributed by atoms with Gasteiger partial charge in [0.1, 0.15) is 6.54 Å². The quantitative estimate of drug-likeness (QED) is 0.860. The first-order valence-electron chi connectivity index (χ1n) is 8.77. The van der Waals surface area contributed by atoms with Gasteiger partial charge in [0.2, 0.25) is 5.91 Å². The van der Waals surface area contributed by atoms with Crippen LogP contribution in [0.15, 0.2) is 36.7 Å². The third-order valence-electron chi connectivity index (χ3n) is 5.08. The molecule has 1 fully saturated rings. The summed E-state index contributed by atoms with van der Waals surface area (Å²) >= 11 is 0. The van der Waals surface area contributed by atoms with Crippen LogP contribution in [-0.2, 0) is 11.3 Å². The molecule has 2 aromatic rings. The SMILES string of the molecule is Cc1cnn(C2CCCN(C(=O)CN3Cc4ccccc4C3=O)C2)c1. The molecule has 1 aromatic carbocycles. The summed E-state index contributed by atoms with van der Waals surface area (Å²) in [6.07, 6.45) is 5.86. The highest BCUT2D eigenvalue weighted by Crippen LogP contribution is 2.24. The largest absolute Gasteiger partial charge is 0.339 e. The molecule has 1 unspecified atom stereocenters. The molecule has 2 aliphatic rings. The fraction of sp³-hybridized carbons (Fsp3) is 0.421. The Bertz CT molecular complexity index is 813. The highest BCUT2D eigenvalue weighted by molar-refractivity contribution is 6.00. The molecule has 0 spiro atoms. The van der Waals surface area contributed by atoms with Gasteiger partial charge >= 0.3 is 0 Å². The molecular weight excluding hydrogens is 316 g/mol. The molecule has 2 amide bonds. The van der Waals surface area contributed by atoms with Crippen LogP contribution in [0.5, 0.6) is 0 Å². The highest BCUT2D eigenvalue weighted by Gasteiger charge is 2.31. The molecule has 1 saturated heterocycles. The van der Waals surface area contributed by atoms with Crippen LogP contribution in [0.25, 0.3) is 0 Å². The van der Waals surface area contributed by atoms with Crippen LogP contribution in [0.4, 0.5) is 0 Å². The fourth-order valence-electron chi connectivity index (χ4n) is 3.74. The normalized spacial score (nSPS) is 20.0. The van der Waals surface area contributed by atoms with Crippen LogP contribution in [0.2, 0.25) is 0 Å². The van der Waals surface area contributed by atoms with E-state index in [1.807, 2.05) is 53.2 Å². The summed E-state index contributed by atoms with van der Waals surface area (Å²) in [5.41, 5.74) is 2.85. The van der Waals surface area contributed by atoms with Crippen molar-refractivity contribution in [3.63, 3.8) is 0 Å². The Morgan fingerprint density at radius 2 is 2.16 bits per heavy atom. The van der Waals surface area contributed by atoms with Crippen molar-refractivity contribution in [2.75, 3.05) is 19.6 Å². The van der Waals surface area contributed by atoms with Gasteiger partial charge in [0.15, 0.2) is 0 Å². The number of carbonyl (C=O) groups is 2. The monoisotopic (exact) mass is 338 g/mol. The van der Waals surface area contributed by atoms with Gasteiger partial charge in [-0.3, -0.25) is 14.3 Å². The van der Waals surface area contributed by atoms with Crippen LogP contribution < -0.4 is 0 Å². The second-order valence-corrected chi connectivity index (χ2v) is 6.95. The minimum atomic E-state index is -0.0415. The van der Waals surface area contributed by atoms with Gasteiger partial charge in [-0.25, -0.2) is 0 Å². The Morgan fingerprint density at radius 3 is 2.92 bits per heavy atom. The lowest BCUT2D eigenvalue weighted by Crippen LogP contribution is -2.45. The van der Waals surface area contributed by atoms with Crippen molar-refractivity contribution in [3.8, 4) is 0 Å². The molecule has 0 aliphatic carbocycles. The van der Waals surface area contributed by atoms with Gasteiger partial charge in [-0.2, -0.15) is 5.10 Å². The van der Waals surface area contributed by atoms with Gasteiger partial charge in [-0.15, -0.1) is 0 Å². The van der Waals surface area contributed by atoms with Crippen molar-refractivity contribution in [2.45, 2.75) is 32.4 Å². The van der Waals surface area contributed by atoms with Gasteiger partial charge in [0, 0.05) is 31.4 Å². The topological polar surface area (TPSA) is 58.4 Å². The standard InChI is InChI=1S/C19H22N4O2/c1-14-9-20-23(10-14)16-6-4-8-21(12-16)18(24)13-22-11-15-5-2-3-7-17(15)19(22)25/h2-3,5,7,9-10,16H,4,6,8,11-13H2,1H3. The maximum Gasteiger partial charge on any atom is 0.254 e. The average molecular weight is 338 g/mol. The number of hydrogen-bond acceptors (Lipinski definition) is 3. The van der Waals surface area contributed by atoms with Gasteiger partial charge in [0.25, 0.3) is 5.91 Å². The number of aryl methyl sites for hydroxylation is 1. The minimum absolute atomic E-state index is 0.0229. The lowest BCUT2D eigenvalue weighted by Gasteiger charge is -2.33. The molecule has 0 radical (unpaired) electrons. The van der Waals surface area contributed by atoms with E-state index in [-0.39, 0.29) is 24.4 Å². The van der Waals surface area contributed by atoms with Crippen LogP contribution in [-0.4, -0.2) is 51.0 Å². The van der Waals surface area contributed by atoms with Crippen molar-refractivity contribution < 1.29 is 9.59 Å². The molecule has 0 bridgehead atoms. The van der Waals surface area contributed by atoms with Crippen molar-refractivity contribution in [2.24, 2.45) is 0 Å². The predicted octanol–water partition coefficient (Wildman–Crippen LogP) is 2.01. The van der Waals surface area contributed by atoms with Gasteiger partial charge in [0.05, 0.1) is 12.2 Å². The Morgan fingerprint density at radius 1 is 1.32 bits per heavy atom. The predicted molar refractivity (Wildman–Crippen MR) is 93.0 cm³/mol. The van der Waals surface area contributed by atoms with Gasteiger partial charge in [-0.05, 0) is 37.0 Å². The zero-order chi connectivity index (χ0) is 17.4. The number of piperidine rings is 1. The van der Waals surface area contributed by atoms with E-state index < -0.39 is 0 Å². The summed E-state index contributed by atoms with van der Waals surface area (Å²) in [5, 5.41) is 4.39. The molecule has 6 nitrogen and oxygen atoms in total. The molecule has 0 saturated carbocycles. The molecule has 0 N–H and O–H groups in total. The molecule has 1 aromatic heterocycles. The molecule has 130 valence electrons. The maximum atomic E-state index is 12.7. The Kier molecular flexibility index (Phi) is 4.03. The van der Waals surface area contributed by atoms with Crippen molar-refractivity contribution in [1.29, 1.82) is 0 Å². The van der Waals surface area contributed by atoms with E-state index in [1.54, 1.807) is 4.90 Å². The lowest BCUT2D eigenvalue weighted by molar-refractivity contribution is -0.133. The summed E-state index contributed by atoms with van der Waals surface area (Å²) in [7, 11) is 0. The minimum Gasteiger partial charge on any atom is -0.339 e. The fourth-order valence-corrected chi connectivity index (χ4v) is 3.74. The zero-order valence-electron chi connectivity index (χ0n) is 14.4. The number of amides is 2. The third-order valence-corrected chi connectivity index (χ3v) is 5.08. The summed E-state index contributed by atoms with van der Waals surface area (Å²) in [5.74, 6) is -0.0186. The second-order valence-electron chi connectivity index (χ2n) is 6.95. The smallest absolute Gasteiger partial charge is 0.254 e. The van der Waals surface area contributed by atoms with E-state index in [4.69, 9.17) is 0 Å². The lowest BCUT2D eigenvalue weighted by atomic mass is 10.1. The molecule has 25 heavy (non-hydrogen) atoms. The highest BCUT2D eigenvalue weighted by atomic mass is 16.2. The van der Waals surface area contributed by atoms with Crippen molar-refractivity contribution in [1.82, 2.24) is 19.6 Å². The average Bonchev–Trinajstić information content (AvgIpc) is 3.20. The molecule has 6 heteroatoms. The van der Waals surface area contributed by atoms with E-state index in [2.05, 4.69) is 5.10 Å². The van der Waals surface area contributed by atoms with Crippen LogP contribution >= 0.6 is 0 Å². The molecular formula is C19H22N4O2. The van der Waals surface area contributed by atoms with E-state index in [1.165, 1.54) is 0 Å². The Hall–Kier alpha value is -2.63. The number of benzene rings is 1. The van der Waals surface area contributed by atoms with Gasteiger partial charge in [-0.1, -0.05) is 18.2 Å². The van der Waals surface area contributed by atoms with Crippen molar-refractivity contribution >= 4 is 11.8 Å². The Balaban J connectivity index is 1.41. The molecule has 3 heterocycles. The number of hydrogen-bond donors (Lipinski definition) is 0.